The Labute approximate surface area is 259 Å². The lowest BCUT2D eigenvalue weighted by molar-refractivity contribution is 1.11. The van der Waals surface area contributed by atoms with Crippen molar-refractivity contribution < 1.29 is 0 Å². The lowest BCUT2D eigenvalue weighted by Crippen LogP contribution is -2.17. The molecule has 1 aliphatic rings. The number of nitrogens with zero attached hydrogens (tertiary/aromatic N) is 4. The first-order valence-corrected chi connectivity index (χ1v) is 15.3. The number of benzene rings is 6. The van der Waals surface area contributed by atoms with E-state index in [1.54, 1.807) is 0 Å². The molecule has 4 heterocycles. The molecule has 0 unspecified atom stereocenters. The molecule has 0 saturated heterocycles. The first kappa shape index (κ1) is 24.3. The molecule has 4 heteroatoms. The maximum absolute atomic E-state index is 4.37. The Morgan fingerprint density at radius 3 is 1.96 bits per heavy atom. The van der Waals surface area contributed by atoms with Crippen molar-refractivity contribution in [3.8, 4) is 22.5 Å². The van der Waals surface area contributed by atoms with E-state index in [4.69, 9.17) is 0 Å². The second-order valence-corrected chi connectivity index (χ2v) is 11.7. The molecule has 3 aromatic heterocycles. The number of pyridine rings is 1. The van der Waals surface area contributed by atoms with Crippen LogP contribution in [0.3, 0.4) is 0 Å². The quantitative estimate of drug-likeness (QED) is 0.210. The molecule has 1 aliphatic heterocycles. The maximum atomic E-state index is 4.37. The van der Waals surface area contributed by atoms with Crippen LogP contribution < -0.4 is 4.90 Å². The van der Waals surface area contributed by atoms with E-state index in [0.717, 1.165) is 22.5 Å². The molecular formula is C41H26N4. The average molecular weight is 575 g/mol. The Hall–Kier alpha value is -6.13. The largest absolute Gasteiger partial charge is 0.309 e. The fraction of sp³-hybridized carbons (Fsp3) is 0. The van der Waals surface area contributed by atoms with Crippen LogP contribution in [0.5, 0.6) is 0 Å². The zero-order valence-corrected chi connectivity index (χ0v) is 24.3. The SMILES string of the molecule is c1ccc(N2c3ccccc3-n3c4ccc5c(c6ccccc6n5-c5cccc(-c6cccnc6)c5)c4c4cccc2c43)cc1. The van der Waals surface area contributed by atoms with Crippen LogP contribution in [0.1, 0.15) is 0 Å². The van der Waals surface area contributed by atoms with E-state index < -0.39 is 0 Å². The van der Waals surface area contributed by atoms with Crippen molar-refractivity contribution in [1.82, 2.24) is 14.1 Å². The number of anilines is 3. The van der Waals surface area contributed by atoms with Crippen molar-refractivity contribution in [3.63, 3.8) is 0 Å². The van der Waals surface area contributed by atoms with Gasteiger partial charge in [0, 0.05) is 50.9 Å². The summed E-state index contributed by atoms with van der Waals surface area (Å²) in [6, 6.07) is 52.6. The van der Waals surface area contributed by atoms with Crippen molar-refractivity contribution >= 4 is 60.7 Å². The minimum Gasteiger partial charge on any atom is -0.309 e. The minimum absolute atomic E-state index is 1.11. The second-order valence-electron chi connectivity index (χ2n) is 11.7. The minimum atomic E-state index is 1.11. The summed E-state index contributed by atoms with van der Waals surface area (Å²) in [5, 5.41) is 5.08. The van der Waals surface area contributed by atoms with Crippen LogP contribution in [0.2, 0.25) is 0 Å². The molecule has 0 radical (unpaired) electrons. The van der Waals surface area contributed by atoms with Gasteiger partial charge in [0.2, 0.25) is 0 Å². The molecule has 0 amide bonds. The first-order valence-electron chi connectivity index (χ1n) is 15.3. The molecule has 0 fully saturated rings. The van der Waals surface area contributed by atoms with Crippen molar-refractivity contribution in [2.45, 2.75) is 0 Å². The number of rotatable bonds is 3. The van der Waals surface area contributed by atoms with E-state index in [0.29, 0.717) is 0 Å². The standard InChI is InChI=1S/C41H26N4/c1-2-13-29(14-3-1)43-34-19-6-7-20-35(34)45-37-23-22-36-39(40(37)32-17-9-21-38(43)41(32)45)31-16-4-5-18-33(31)44(36)30-15-8-11-27(25-30)28-12-10-24-42-26-28/h1-26H. The van der Waals surface area contributed by atoms with E-state index >= 15 is 0 Å². The van der Waals surface area contributed by atoms with Gasteiger partial charge in [-0.2, -0.15) is 0 Å². The van der Waals surface area contributed by atoms with Crippen LogP contribution in [0, 0.1) is 0 Å². The van der Waals surface area contributed by atoms with Gasteiger partial charge in [-0.3, -0.25) is 4.98 Å². The first-order chi connectivity index (χ1) is 22.4. The number of hydrogen-bond donors (Lipinski definition) is 0. The van der Waals surface area contributed by atoms with E-state index in [1.165, 1.54) is 60.7 Å². The van der Waals surface area contributed by atoms with Gasteiger partial charge in [-0.05, 0) is 72.3 Å². The molecule has 45 heavy (non-hydrogen) atoms. The zero-order valence-electron chi connectivity index (χ0n) is 24.3. The third-order valence-corrected chi connectivity index (χ3v) is 9.28. The number of hydrogen-bond acceptors (Lipinski definition) is 2. The lowest BCUT2D eigenvalue weighted by atomic mass is 10.0. The summed E-state index contributed by atoms with van der Waals surface area (Å²) in [5.41, 5.74) is 13.0. The van der Waals surface area contributed by atoms with Crippen molar-refractivity contribution in [1.29, 1.82) is 0 Å². The van der Waals surface area contributed by atoms with Crippen LogP contribution in [-0.4, -0.2) is 14.1 Å². The van der Waals surface area contributed by atoms with Gasteiger partial charge in [0.25, 0.3) is 0 Å². The highest BCUT2D eigenvalue weighted by molar-refractivity contribution is 6.30. The highest BCUT2D eigenvalue weighted by Gasteiger charge is 2.29. The van der Waals surface area contributed by atoms with Gasteiger partial charge in [0.05, 0.1) is 39.1 Å². The Morgan fingerprint density at radius 2 is 1.09 bits per heavy atom. The number of aromatic nitrogens is 3. The summed E-state index contributed by atoms with van der Waals surface area (Å²) < 4.78 is 4.89. The number of para-hydroxylation sites is 5. The van der Waals surface area contributed by atoms with E-state index in [2.05, 4.69) is 159 Å². The number of fused-ring (bicyclic) bond motifs is 9. The average Bonchev–Trinajstić information content (AvgIpc) is 3.63. The van der Waals surface area contributed by atoms with Gasteiger partial charge in [-0.15, -0.1) is 0 Å². The Bertz CT molecular complexity index is 2590. The van der Waals surface area contributed by atoms with Gasteiger partial charge in [0.1, 0.15) is 0 Å². The smallest absolute Gasteiger partial charge is 0.0783 e. The molecule has 4 nitrogen and oxygen atoms in total. The van der Waals surface area contributed by atoms with Crippen molar-refractivity contribution in [2.75, 3.05) is 4.90 Å². The summed E-state index contributed by atoms with van der Waals surface area (Å²) in [7, 11) is 0. The van der Waals surface area contributed by atoms with Crippen molar-refractivity contribution in [2.24, 2.45) is 0 Å². The molecule has 0 spiro atoms. The van der Waals surface area contributed by atoms with Crippen molar-refractivity contribution in [3.05, 3.63) is 158 Å². The molecule has 10 rings (SSSR count). The fourth-order valence-corrected chi connectivity index (χ4v) is 7.49. The van der Waals surface area contributed by atoms with E-state index in [1.807, 2.05) is 18.5 Å². The van der Waals surface area contributed by atoms with Crippen LogP contribution in [0.25, 0.3) is 66.1 Å². The second kappa shape index (κ2) is 9.18. The highest BCUT2D eigenvalue weighted by Crippen LogP contribution is 2.51. The van der Waals surface area contributed by atoms with Crippen LogP contribution in [0.15, 0.2) is 158 Å². The molecule has 0 aliphatic carbocycles. The maximum Gasteiger partial charge on any atom is 0.0783 e. The van der Waals surface area contributed by atoms with Gasteiger partial charge < -0.3 is 14.0 Å². The molecular weight excluding hydrogens is 548 g/mol. The topological polar surface area (TPSA) is 26.0 Å². The monoisotopic (exact) mass is 574 g/mol. The molecule has 0 atom stereocenters. The summed E-state index contributed by atoms with van der Waals surface area (Å²) in [5.74, 6) is 0. The van der Waals surface area contributed by atoms with Crippen LogP contribution in [0.4, 0.5) is 17.1 Å². The van der Waals surface area contributed by atoms with Crippen LogP contribution >= 0.6 is 0 Å². The van der Waals surface area contributed by atoms with Crippen LogP contribution in [-0.2, 0) is 0 Å². The summed E-state index contributed by atoms with van der Waals surface area (Å²) >= 11 is 0. The van der Waals surface area contributed by atoms with Gasteiger partial charge in [-0.25, -0.2) is 0 Å². The fourth-order valence-electron chi connectivity index (χ4n) is 7.49. The predicted octanol–water partition coefficient (Wildman–Crippen LogP) is 10.7. The Balaban J connectivity index is 1.33. The normalized spacial score (nSPS) is 12.4. The van der Waals surface area contributed by atoms with E-state index in [-0.39, 0.29) is 0 Å². The van der Waals surface area contributed by atoms with Gasteiger partial charge in [-0.1, -0.05) is 78.9 Å². The Morgan fingerprint density at radius 1 is 0.422 bits per heavy atom. The lowest BCUT2D eigenvalue weighted by Gasteiger charge is -2.33. The summed E-state index contributed by atoms with van der Waals surface area (Å²) in [6.07, 6.45) is 3.75. The zero-order chi connectivity index (χ0) is 29.5. The Kier molecular flexibility index (Phi) is 4.96. The van der Waals surface area contributed by atoms with Gasteiger partial charge >= 0.3 is 0 Å². The highest BCUT2D eigenvalue weighted by atomic mass is 15.2. The van der Waals surface area contributed by atoms with Gasteiger partial charge in [0.15, 0.2) is 0 Å². The predicted molar refractivity (Wildman–Crippen MR) is 187 cm³/mol. The molecule has 6 aromatic carbocycles. The third kappa shape index (κ3) is 3.34. The molecule has 0 saturated carbocycles. The summed E-state index contributed by atoms with van der Waals surface area (Å²) in [4.78, 5) is 6.77. The molecule has 210 valence electrons. The molecule has 0 N–H and O–H groups in total. The molecule has 9 aromatic rings. The third-order valence-electron chi connectivity index (χ3n) is 9.28. The van der Waals surface area contributed by atoms with E-state index in [9.17, 15) is 0 Å². The molecule has 0 bridgehead atoms. The summed E-state index contributed by atoms with van der Waals surface area (Å²) in [6.45, 7) is 0.